The van der Waals surface area contributed by atoms with Crippen LogP contribution in [0.1, 0.15) is 16.7 Å². The monoisotopic (exact) mass is 482 g/mol. The molecule has 0 saturated carbocycles. The van der Waals surface area contributed by atoms with Gasteiger partial charge < -0.3 is 10.6 Å². The quantitative estimate of drug-likeness (QED) is 0.378. The molecule has 0 aromatic heterocycles. The van der Waals surface area contributed by atoms with E-state index in [0.29, 0.717) is 0 Å². The van der Waals surface area contributed by atoms with E-state index in [1.165, 1.54) is 17.2 Å². The van der Waals surface area contributed by atoms with Crippen LogP contribution < -0.4 is 10.6 Å². The molecule has 0 amide bonds. The lowest BCUT2D eigenvalue weighted by molar-refractivity contribution is 0.258. The molecular weight excluding hydrogens is 454 g/mol. The van der Waals surface area contributed by atoms with Gasteiger partial charge in [-0.1, -0.05) is 36.4 Å². The van der Waals surface area contributed by atoms with E-state index in [2.05, 4.69) is 44.8 Å². The minimum absolute atomic E-state index is 0. The Kier molecular flexibility index (Phi) is 9.00. The van der Waals surface area contributed by atoms with Crippen LogP contribution in [0.25, 0.3) is 0 Å². The van der Waals surface area contributed by atoms with Crippen LogP contribution in [0.2, 0.25) is 0 Å². The van der Waals surface area contributed by atoms with Crippen molar-refractivity contribution in [1.29, 1.82) is 0 Å². The van der Waals surface area contributed by atoms with Crippen molar-refractivity contribution in [2.45, 2.75) is 19.4 Å². The number of nitrogens with one attached hydrogen (secondary N) is 2. The van der Waals surface area contributed by atoms with Crippen LogP contribution in [-0.2, 0) is 19.4 Å². The highest BCUT2D eigenvalue weighted by Gasteiger charge is 2.14. The third-order valence-electron chi connectivity index (χ3n) is 4.75. The molecule has 0 aliphatic carbocycles. The molecule has 1 aliphatic heterocycles. The summed E-state index contributed by atoms with van der Waals surface area (Å²) in [5, 5.41) is 6.65. The Bertz CT molecular complexity index is 750. The Balaban J connectivity index is 0.00000261. The van der Waals surface area contributed by atoms with E-state index < -0.39 is 0 Å². The lowest BCUT2D eigenvalue weighted by Gasteiger charge is -2.28. The second kappa shape index (κ2) is 11.2. The van der Waals surface area contributed by atoms with Crippen LogP contribution in [0.5, 0.6) is 0 Å². The lowest BCUT2D eigenvalue weighted by atomic mass is 10.00. The van der Waals surface area contributed by atoms with Gasteiger partial charge in [-0.15, -0.1) is 24.0 Å². The van der Waals surface area contributed by atoms with Crippen molar-refractivity contribution in [3.63, 3.8) is 0 Å². The van der Waals surface area contributed by atoms with Crippen molar-refractivity contribution >= 4 is 29.9 Å². The molecule has 0 fully saturated rings. The molecule has 1 aliphatic rings. The van der Waals surface area contributed by atoms with Gasteiger partial charge in [0.15, 0.2) is 5.96 Å². The summed E-state index contributed by atoms with van der Waals surface area (Å²) in [6.45, 7) is 4.68. The third-order valence-corrected chi connectivity index (χ3v) is 4.75. The Morgan fingerprint density at radius 2 is 1.85 bits per heavy atom. The molecule has 2 aromatic rings. The van der Waals surface area contributed by atoms with E-state index >= 15 is 0 Å². The Morgan fingerprint density at radius 3 is 2.63 bits per heavy atom. The molecule has 0 spiro atoms. The molecule has 2 aromatic carbocycles. The Morgan fingerprint density at radius 1 is 1.07 bits per heavy atom. The van der Waals surface area contributed by atoms with Crippen molar-refractivity contribution in [2.24, 2.45) is 4.99 Å². The number of guanidine groups is 1. The van der Waals surface area contributed by atoms with Gasteiger partial charge in [-0.2, -0.15) is 0 Å². The first kappa shape index (κ1) is 21.6. The average molecular weight is 482 g/mol. The second-order valence-electron chi connectivity index (χ2n) is 6.60. The number of aliphatic imine (C=N–C) groups is 1. The number of rotatable bonds is 6. The molecule has 0 bridgehead atoms. The first-order chi connectivity index (χ1) is 12.7. The number of nitrogens with zero attached hydrogens (tertiary/aromatic N) is 2. The number of fused-ring (bicyclic) bond motifs is 1. The van der Waals surface area contributed by atoms with Gasteiger partial charge in [0, 0.05) is 39.8 Å². The molecule has 2 N–H and O–H groups in total. The first-order valence-electron chi connectivity index (χ1n) is 9.22. The summed E-state index contributed by atoms with van der Waals surface area (Å²) < 4.78 is 13.2. The number of hydrogen-bond acceptors (Lipinski definition) is 2. The topological polar surface area (TPSA) is 39.7 Å². The van der Waals surface area contributed by atoms with Crippen LogP contribution in [-0.4, -0.2) is 44.1 Å². The SMILES string of the molecule is CN=C(NCCc1cccc(F)c1)NCCN1CCc2ccccc2C1.I. The van der Waals surface area contributed by atoms with Crippen molar-refractivity contribution < 1.29 is 4.39 Å². The summed E-state index contributed by atoms with van der Waals surface area (Å²) in [6, 6.07) is 15.4. The van der Waals surface area contributed by atoms with Crippen LogP contribution in [0.4, 0.5) is 4.39 Å². The molecule has 0 saturated heterocycles. The maximum atomic E-state index is 13.2. The molecule has 3 rings (SSSR count). The maximum absolute atomic E-state index is 13.2. The van der Waals surface area contributed by atoms with Crippen LogP contribution >= 0.6 is 24.0 Å². The van der Waals surface area contributed by atoms with E-state index in [4.69, 9.17) is 0 Å². The van der Waals surface area contributed by atoms with Gasteiger partial charge in [-0.25, -0.2) is 4.39 Å². The zero-order chi connectivity index (χ0) is 18.2. The zero-order valence-corrected chi connectivity index (χ0v) is 18.1. The summed E-state index contributed by atoms with van der Waals surface area (Å²) in [7, 11) is 1.77. The van der Waals surface area contributed by atoms with Gasteiger partial charge in [0.25, 0.3) is 0 Å². The standard InChI is InChI=1S/C21H27FN4.HI/c1-23-21(24-11-9-17-5-4-8-20(22)15-17)25-12-14-26-13-10-18-6-2-3-7-19(18)16-26;/h2-8,15H,9-14,16H2,1H3,(H2,23,24,25);1H. The van der Waals surface area contributed by atoms with Gasteiger partial charge in [0.1, 0.15) is 5.82 Å². The van der Waals surface area contributed by atoms with Gasteiger partial charge >= 0.3 is 0 Å². The molecule has 4 nitrogen and oxygen atoms in total. The van der Waals surface area contributed by atoms with Gasteiger partial charge in [-0.3, -0.25) is 9.89 Å². The normalized spacial score (nSPS) is 14.2. The van der Waals surface area contributed by atoms with Gasteiger partial charge in [0.05, 0.1) is 0 Å². The highest BCUT2D eigenvalue weighted by Crippen LogP contribution is 2.17. The summed E-state index contributed by atoms with van der Waals surface area (Å²) in [6.07, 6.45) is 1.89. The van der Waals surface area contributed by atoms with Crippen LogP contribution in [0, 0.1) is 5.82 Å². The summed E-state index contributed by atoms with van der Waals surface area (Å²) in [4.78, 5) is 6.72. The molecule has 0 atom stereocenters. The summed E-state index contributed by atoms with van der Waals surface area (Å²) >= 11 is 0. The van der Waals surface area contributed by atoms with Crippen molar-refractivity contribution in [1.82, 2.24) is 15.5 Å². The predicted molar refractivity (Wildman–Crippen MR) is 120 cm³/mol. The first-order valence-corrected chi connectivity index (χ1v) is 9.22. The minimum Gasteiger partial charge on any atom is -0.356 e. The predicted octanol–water partition coefficient (Wildman–Crippen LogP) is 3.21. The van der Waals surface area contributed by atoms with Crippen molar-refractivity contribution in [2.75, 3.05) is 33.2 Å². The highest BCUT2D eigenvalue weighted by molar-refractivity contribution is 14.0. The molecule has 0 unspecified atom stereocenters. The van der Waals surface area contributed by atoms with E-state index in [-0.39, 0.29) is 29.8 Å². The molecule has 146 valence electrons. The second-order valence-corrected chi connectivity index (χ2v) is 6.60. The maximum Gasteiger partial charge on any atom is 0.191 e. The zero-order valence-electron chi connectivity index (χ0n) is 15.7. The van der Waals surface area contributed by atoms with Crippen molar-refractivity contribution in [3.05, 3.63) is 71.0 Å². The Labute approximate surface area is 178 Å². The molecule has 1 heterocycles. The molecule has 27 heavy (non-hydrogen) atoms. The summed E-state index contributed by atoms with van der Waals surface area (Å²) in [5.41, 5.74) is 3.91. The largest absolute Gasteiger partial charge is 0.356 e. The summed E-state index contributed by atoms with van der Waals surface area (Å²) in [5.74, 6) is 0.604. The van der Waals surface area contributed by atoms with Crippen molar-refractivity contribution in [3.8, 4) is 0 Å². The highest BCUT2D eigenvalue weighted by atomic mass is 127. The van der Waals surface area contributed by atoms with Crippen LogP contribution in [0.3, 0.4) is 0 Å². The van der Waals surface area contributed by atoms with E-state index in [0.717, 1.165) is 57.1 Å². The molecule has 6 heteroatoms. The van der Waals surface area contributed by atoms with Crippen LogP contribution in [0.15, 0.2) is 53.5 Å². The molecular formula is C21H28FIN4. The van der Waals surface area contributed by atoms with E-state index in [1.807, 2.05) is 6.07 Å². The minimum atomic E-state index is -0.187. The fourth-order valence-electron chi connectivity index (χ4n) is 3.32. The van der Waals surface area contributed by atoms with Gasteiger partial charge in [0.2, 0.25) is 0 Å². The van der Waals surface area contributed by atoms with E-state index in [1.54, 1.807) is 19.2 Å². The lowest BCUT2D eigenvalue weighted by Crippen LogP contribution is -2.43. The van der Waals surface area contributed by atoms with Gasteiger partial charge in [-0.05, 0) is 41.7 Å². The number of halogens is 2. The third kappa shape index (κ3) is 6.77. The average Bonchev–Trinajstić information content (AvgIpc) is 2.67. The Hall–Kier alpha value is -1.67. The molecule has 0 radical (unpaired) electrons. The number of hydrogen-bond donors (Lipinski definition) is 2. The van der Waals surface area contributed by atoms with E-state index in [9.17, 15) is 4.39 Å². The number of benzene rings is 2. The fourth-order valence-corrected chi connectivity index (χ4v) is 3.32. The smallest absolute Gasteiger partial charge is 0.191 e. The fraction of sp³-hybridized carbons (Fsp3) is 0.381.